The molecule has 2 heterocycles. The number of rotatable bonds is 5. The second-order valence-electron chi connectivity index (χ2n) is 3.89. The fourth-order valence-electron chi connectivity index (χ4n) is 1.47. The van der Waals surface area contributed by atoms with Crippen LogP contribution in [0.2, 0.25) is 0 Å². The van der Waals surface area contributed by atoms with Crippen molar-refractivity contribution in [2.45, 2.75) is 19.4 Å². The molecule has 2 N–H and O–H groups in total. The Bertz CT molecular complexity index is 437. The van der Waals surface area contributed by atoms with Crippen LogP contribution in [0.25, 0.3) is 0 Å². The molecule has 3 nitrogen and oxygen atoms in total. The first kappa shape index (κ1) is 12.1. The highest BCUT2D eigenvalue weighted by Gasteiger charge is 2.01. The molecule has 0 spiro atoms. The molecular weight excluding hydrogens is 232 g/mol. The highest BCUT2D eigenvalue weighted by atomic mass is 32.1. The summed E-state index contributed by atoms with van der Waals surface area (Å²) in [4.78, 5) is 5.58. The monoisotopic (exact) mass is 248 g/mol. The number of pyridine rings is 1. The third-order valence-corrected chi connectivity index (χ3v) is 3.36. The Balaban J connectivity index is 1.83. The first-order chi connectivity index (χ1) is 8.25. The van der Waals surface area contributed by atoms with Crippen LogP contribution < -0.4 is 10.5 Å². The molecule has 1 atom stereocenters. The van der Waals surface area contributed by atoms with E-state index >= 15 is 0 Å². The molecule has 0 aliphatic carbocycles. The first-order valence-electron chi connectivity index (χ1n) is 5.62. The van der Waals surface area contributed by atoms with Gasteiger partial charge in [-0.05, 0) is 30.5 Å². The fraction of sp³-hybridized carbons (Fsp3) is 0.308. The summed E-state index contributed by atoms with van der Waals surface area (Å²) in [6.07, 6.45) is 2.67. The molecule has 0 amide bonds. The summed E-state index contributed by atoms with van der Waals surface area (Å²) in [5, 5.41) is 2.08. The first-order valence-corrected chi connectivity index (χ1v) is 6.50. The van der Waals surface area contributed by atoms with Crippen LogP contribution in [0.1, 0.15) is 23.5 Å². The number of ether oxygens (including phenoxy) is 1. The maximum absolute atomic E-state index is 5.73. The molecule has 0 bridgehead atoms. The molecule has 0 fully saturated rings. The Hall–Kier alpha value is -1.39. The smallest absolute Gasteiger partial charge is 0.137 e. The Morgan fingerprint density at radius 2 is 2.29 bits per heavy atom. The van der Waals surface area contributed by atoms with Gasteiger partial charge in [-0.1, -0.05) is 6.07 Å². The van der Waals surface area contributed by atoms with Crippen LogP contribution in [-0.4, -0.2) is 11.6 Å². The van der Waals surface area contributed by atoms with Gasteiger partial charge < -0.3 is 10.5 Å². The highest BCUT2D eigenvalue weighted by Crippen LogP contribution is 2.14. The van der Waals surface area contributed by atoms with E-state index in [4.69, 9.17) is 10.5 Å². The van der Waals surface area contributed by atoms with Crippen LogP contribution in [0.5, 0.6) is 5.75 Å². The highest BCUT2D eigenvalue weighted by molar-refractivity contribution is 7.09. The van der Waals surface area contributed by atoms with Crippen LogP contribution in [-0.2, 0) is 6.42 Å². The van der Waals surface area contributed by atoms with Crippen molar-refractivity contribution < 1.29 is 4.74 Å². The molecule has 17 heavy (non-hydrogen) atoms. The van der Waals surface area contributed by atoms with Crippen molar-refractivity contribution in [3.05, 3.63) is 46.4 Å². The number of aromatic nitrogens is 1. The lowest BCUT2D eigenvalue weighted by molar-refractivity contribution is 0.321. The van der Waals surface area contributed by atoms with E-state index in [2.05, 4.69) is 22.5 Å². The third kappa shape index (κ3) is 3.54. The Kier molecular flexibility index (Phi) is 4.12. The Labute approximate surface area is 105 Å². The van der Waals surface area contributed by atoms with Gasteiger partial charge in [0.25, 0.3) is 0 Å². The number of hydrogen-bond donors (Lipinski definition) is 1. The topological polar surface area (TPSA) is 48.1 Å². The summed E-state index contributed by atoms with van der Waals surface area (Å²) >= 11 is 1.75. The largest absolute Gasteiger partial charge is 0.492 e. The van der Waals surface area contributed by atoms with Gasteiger partial charge in [-0.2, -0.15) is 0 Å². The maximum atomic E-state index is 5.73. The van der Waals surface area contributed by atoms with Gasteiger partial charge in [0.05, 0.1) is 18.5 Å². The van der Waals surface area contributed by atoms with Gasteiger partial charge in [0.1, 0.15) is 5.75 Å². The zero-order valence-corrected chi connectivity index (χ0v) is 10.6. The second-order valence-corrected chi connectivity index (χ2v) is 4.92. The molecule has 2 aromatic rings. The number of nitrogens with two attached hydrogens (primary N) is 1. The van der Waals surface area contributed by atoms with Crippen molar-refractivity contribution in [1.82, 2.24) is 4.98 Å². The Morgan fingerprint density at radius 3 is 2.88 bits per heavy atom. The van der Waals surface area contributed by atoms with Crippen molar-refractivity contribution in [2.24, 2.45) is 5.73 Å². The molecule has 0 radical (unpaired) electrons. The van der Waals surface area contributed by atoms with Gasteiger partial charge in [0, 0.05) is 17.3 Å². The number of nitrogens with zero attached hydrogens (tertiary/aromatic N) is 1. The molecule has 2 aromatic heterocycles. The molecule has 2 rings (SSSR count). The van der Waals surface area contributed by atoms with Crippen LogP contribution in [0.3, 0.4) is 0 Å². The molecule has 0 saturated heterocycles. The van der Waals surface area contributed by atoms with E-state index in [0.29, 0.717) is 6.61 Å². The van der Waals surface area contributed by atoms with Crippen LogP contribution >= 0.6 is 11.3 Å². The van der Waals surface area contributed by atoms with E-state index in [1.54, 1.807) is 17.5 Å². The summed E-state index contributed by atoms with van der Waals surface area (Å²) in [6.45, 7) is 2.60. The summed E-state index contributed by atoms with van der Waals surface area (Å²) < 4.78 is 5.62. The molecule has 0 saturated carbocycles. The predicted octanol–water partition coefficient (Wildman–Crippen LogP) is 2.78. The van der Waals surface area contributed by atoms with Gasteiger partial charge in [-0.25, -0.2) is 0 Å². The van der Waals surface area contributed by atoms with Crippen molar-refractivity contribution in [2.75, 3.05) is 6.61 Å². The zero-order chi connectivity index (χ0) is 12.1. The lowest BCUT2D eigenvalue weighted by atomic mass is 10.2. The van der Waals surface area contributed by atoms with Gasteiger partial charge in [-0.3, -0.25) is 4.98 Å². The lowest BCUT2D eigenvalue weighted by Gasteiger charge is -2.07. The standard InChI is InChI=1S/C13H16N2OS/c1-10(14)13-5-4-11(9-15-13)16-7-6-12-3-2-8-17-12/h2-5,8-10H,6-7,14H2,1H3. The molecule has 4 heteroatoms. The average Bonchev–Trinajstić information content (AvgIpc) is 2.83. The molecular formula is C13H16N2OS. The Morgan fingerprint density at radius 1 is 1.41 bits per heavy atom. The molecule has 1 unspecified atom stereocenters. The number of hydrogen-bond acceptors (Lipinski definition) is 4. The molecule has 0 aliphatic heterocycles. The minimum absolute atomic E-state index is 0.0323. The van der Waals surface area contributed by atoms with Gasteiger partial charge in [0.15, 0.2) is 0 Å². The van der Waals surface area contributed by atoms with E-state index in [0.717, 1.165) is 17.9 Å². The van der Waals surface area contributed by atoms with Crippen LogP contribution in [0, 0.1) is 0 Å². The van der Waals surface area contributed by atoms with Gasteiger partial charge in [0.2, 0.25) is 0 Å². The van der Waals surface area contributed by atoms with E-state index in [-0.39, 0.29) is 6.04 Å². The second kappa shape index (κ2) is 5.80. The van der Waals surface area contributed by atoms with Gasteiger partial charge in [-0.15, -0.1) is 11.3 Å². The van der Waals surface area contributed by atoms with Gasteiger partial charge >= 0.3 is 0 Å². The van der Waals surface area contributed by atoms with Crippen molar-refractivity contribution >= 4 is 11.3 Å². The minimum Gasteiger partial charge on any atom is -0.492 e. The van der Waals surface area contributed by atoms with E-state index in [9.17, 15) is 0 Å². The normalized spacial score (nSPS) is 12.4. The molecule has 90 valence electrons. The minimum atomic E-state index is -0.0323. The third-order valence-electron chi connectivity index (χ3n) is 2.42. The summed E-state index contributed by atoms with van der Waals surface area (Å²) in [6, 6.07) is 7.96. The fourth-order valence-corrected chi connectivity index (χ4v) is 2.16. The van der Waals surface area contributed by atoms with Crippen molar-refractivity contribution in [3.63, 3.8) is 0 Å². The quantitative estimate of drug-likeness (QED) is 0.885. The summed E-state index contributed by atoms with van der Waals surface area (Å²) in [5.41, 5.74) is 6.61. The lowest BCUT2D eigenvalue weighted by Crippen LogP contribution is -2.07. The number of thiophene rings is 1. The molecule has 0 aliphatic rings. The van der Waals surface area contributed by atoms with E-state index in [1.807, 2.05) is 19.1 Å². The summed E-state index contributed by atoms with van der Waals surface area (Å²) in [5.74, 6) is 0.797. The van der Waals surface area contributed by atoms with E-state index < -0.39 is 0 Å². The maximum Gasteiger partial charge on any atom is 0.137 e. The van der Waals surface area contributed by atoms with E-state index in [1.165, 1.54) is 4.88 Å². The SMILES string of the molecule is CC(N)c1ccc(OCCc2cccs2)cn1. The van der Waals surface area contributed by atoms with Crippen LogP contribution in [0.15, 0.2) is 35.8 Å². The molecule has 0 aromatic carbocycles. The average molecular weight is 248 g/mol. The zero-order valence-electron chi connectivity index (χ0n) is 9.80. The predicted molar refractivity (Wildman–Crippen MR) is 70.4 cm³/mol. The van der Waals surface area contributed by atoms with Crippen molar-refractivity contribution in [3.8, 4) is 5.75 Å². The summed E-state index contributed by atoms with van der Waals surface area (Å²) in [7, 11) is 0. The van der Waals surface area contributed by atoms with Crippen LogP contribution in [0.4, 0.5) is 0 Å². The van der Waals surface area contributed by atoms with Crippen molar-refractivity contribution in [1.29, 1.82) is 0 Å².